The number of aromatic nitrogens is 2. The lowest BCUT2D eigenvalue weighted by molar-refractivity contribution is 0.600. The molecule has 1 aromatic heterocycles. The minimum Gasteiger partial charge on any atom is -0.326 e. The molecule has 18 heavy (non-hydrogen) atoms. The molecule has 0 saturated heterocycles. The Morgan fingerprint density at radius 3 is 2.72 bits per heavy atom. The fraction of sp³-hybridized carbons (Fsp3) is 0.0909. The number of sulfonamides is 1. The van der Waals surface area contributed by atoms with Crippen LogP contribution in [0.15, 0.2) is 47.5 Å². The van der Waals surface area contributed by atoms with Gasteiger partial charge in [-0.15, -0.1) is 5.10 Å². The highest BCUT2D eigenvalue weighted by atomic mass is 32.2. The number of benzene rings is 1. The monoisotopic (exact) mass is 264 g/mol. The van der Waals surface area contributed by atoms with Crippen LogP contribution in [0.5, 0.6) is 0 Å². The third kappa shape index (κ3) is 2.82. The highest BCUT2D eigenvalue weighted by Gasteiger charge is 2.14. The summed E-state index contributed by atoms with van der Waals surface area (Å²) in [5.74, 6) is 0.177. The summed E-state index contributed by atoms with van der Waals surface area (Å²) in [5.41, 5.74) is 6.22. The van der Waals surface area contributed by atoms with Gasteiger partial charge in [0.15, 0.2) is 5.82 Å². The van der Waals surface area contributed by atoms with E-state index in [0.29, 0.717) is 0 Å². The molecule has 0 atom stereocenters. The van der Waals surface area contributed by atoms with E-state index in [1.807, 2.05) is 0 Å². The summed E-state index contributed by atoms with van der Waals surface area (Å²) in [6.07, 6.45) is 1.47. The van der Waals surface area contributed by atoms with Crippen LogP contribution in [0.4, 0.5) is 5.82 Å². The Balaban J connectivity index is 2.31. The number of hydrogen-bond donors (Lipinski definition) is 2. The van der Waals surface area contributed by atoms with Crippen molar-refractivity contribution in [3.63, 3.8) is 0 Å². The molecule has 1 aromatic carbocycles. The van der Waals surface area contributed by atoms with Crippen LogP contribution in [0.1, 0.15) is 5.56 Å². The fourth-order valence-electron chi connectivity index (χ4n) is 1.39. The molecule has 1 heterocycles. The van der Waals surface area contributed by atoms with Gasteiger partial charge >= 0.3 is 0 Å². The molecule has 3 N–H and O–H groups in total. The molecule has 0 amide bonds. The lowest BCUT2D eigenvalue weighted by Gasteiger charge is -2.07. The first-order chi connectivity index (χ1) is 8.62. The van der Waals surface area contributed by atoms with Gasteiger partial charge in [0.25, 0.3) is 10.0 Å². The van der Waals surface area contributed by atoms with Crippen LogP contribution in [0.25, 0.3) is 0 Å². The van der Waals surface area contributed by atoms with Gasteiger partial charge in [-0.25, -0.2) is 8.42 Å². The Kier molecular flexibility index (Phi) is 3.54. The van der Waals surface area contributed by atoms with Gasteiger partial charge in [-0.3, -0.25) is 4.72 Å². The van der Waals surface area contributed by atoms with E-state index < -0.39 is 10.0 Å². The van der Waals surface area contributed by atoms with Crippen LogP contribution < -0.4 is 10.5 Å². The van der Waals surface area contributed by atoms with Crippen molar-refractivity contribution >= 4 is 15.8 Å². The number of anilines is 1. The van der Waals surface area contributed by atoms with E-state index in [1.165, 1.54) is 24.4 Å². The van der Waals surface area contributed by atoms with E-state index in [9.17, 15) is 8.42 Å². The van der Waals surface area contributed by atoms with Crippen LogP contribution >= 0.6 is 0 Å². The molecule has 2 rings (SSSR count). The second kappa shape index (κ2) is 5.11. The van der Waals surface area contributed by atoms with Crippen molar-refractivity contribution in [2.75, 3.05) is 4.72 Å². The van der Waals surface area contributed by atoms with Gasteiger partial charge in [0.05, 0.1) is 4.90 Å². The van der Waals surface area contributed by atoms with Gasteiger partial charge in [0.1, 0.15) is 0 Å². The number of rotatable bonds is 4. The maximum absolute atomic E-state index is 12.1. The summed E-state index contributed by atoms with van der Waals surface area (Å²) < 4.78 is 26.4. The largest absolute Gasteiger partial charge is 0.326 e. The quantitative estimate of drug-likeness (QED) is 0.848. The standard InChI is InChI=1S/C11H12N4O2S/c12-8-9-3-1-4-10(7-9)18(16,17)15-11-5-2-6-13-14-11/h1-7H,8,12H2,(H,14,15). The third-order valence-corrected chi connectivity index (χ3v) is 3.61. The topological polar surface area (TPSA) is 98.0 Å². The average molecular weight is 264 g/mol. The van der Waals surface area contributed by atoms with Crippen molar-refractivity contribution in [1.82, 2.24) is 10.2 Å². The first-order valence-electron chi connectivity index (χ1n) is 5.21. The molecule has 0 unspecified atom stereocenters. The van der Waals surface area contributed by atoms with Crippen LogP contribution in [-0.2, 0) is 16.6 Å². The summed E-state index contributed by atoms with van der Waals surface area (Å²) in [7, 11) is -3.65. The van der Waals surface area contributed by atoms with E-state index >= 15 is 0 Å². The molecule has 0 spiro atoms. The summed E-state index contributed by atoms with van der Waals surface area (Å²) in [5, 5.41) is 7.27. The van der Waals surface area contributed by atoms with E-state index in [2.05, 4.69) is 14.9 Å². The lowest BCUT2D eigenvalue weighted by atomic mass is 10.2. The minimum atomic E-state index is -3.65. The molecule has 0 aliphatic heterocycles. The molecule has 0 aliphatic rings. The highest BCUT2D eigenvalue weighted by Crippen LogP contribution is 2.14. The SMILES string of the molecule is NCc1cccc(S(=O)(=O)Nc2cccnn2)c1. The highest BCUT2D eigenvalue weighted by molar-refractivity contribution is 7.92. The number of nitrogens with one attached hydrogen (secondary N) is 1. The molecule has 0 bridgehead atoms. The lowest BCUT2D eigenvalue weighted by Crippen LogP contribution is -2.14. The second-order valence-electron chi connectivity index (χ2n) is 3.57. The smallest absolute Gasteiger partial charge is 0.263 e. The Hall–Kier alpha value is -1.99. The van der Waals surface area contributed by atoms with Crippen molar-refractivity contribution in [3.05, 3.63) is 48.2 Å². The zero-order chi connectivity index (χ0) is 13.0. The first kappa shape index (κ1) is 12.5. The minimum absolute atomic E-state index is 0.149. The van der Waals surface area contributed by atoms with Crippen LogP contribution in [0, 0.1) is 0 Å². The zero-order valence-electron chi connectivity index (χ0n) is 9.45. The van der Waals surface area contributed by atoms with E-state index in [4.69, 9.17) is 5.73 Å². The molecular formula is C11H12N4O2S. The predicted molar refractivity (Wildman–Crippen MR) is 67.2 cm³/mol. The fourth-order valence-corrected chi connectivity index (χ4v) is 2.46. The van der Waals surface area contributed by atoms with Crippen molar-refractivity contribution in [3.8, 4) is 0 Å². The van der Waals surface area contributed by atoms with Gasteiger partial charge in [0, 0.05) is 12.7 Å². The Bertz CT molecular complexity index is 629. The number of nitrogens with two attached hydrogens (primary N) is 1. The Labute approximate surface area is 105 Å². The number of nitrogens with zero attached hydrogens (tertiary/aromatic N) is 2. The van der Waals surface area contributed by atoms with Gasteiger partial charge in [-0.1, -0.05) is 12.1 Å². The number of hydrogen-bond acceptors (Lipinski definition) is 5. The molecule has 94 valence electrons. The van der Waals surface area contributed by atoms with Crippen LogP contribution in [-0.4, -0.2) is 18.6 Å². The van der Waals surface area contributed by atoms with Crippen LogP contribution in [0.3, 0.4) is 0 Å². The van der Waals surface area contributed by atoms with Crippen molar-refractivity contribution < 1.29 is 8.42 Å². The van der Waals surface area contributed by atoms with Gasteiger partial charge in [-0.05, 0) is 29.8 Å². The van der Waals surface area contributed by atoms with Crippen LogP contribution in [0.2, 0.25) is 0 Å². The first-order valence-corrected chi connectivity index (χ1v) is 6.70. The van der Waals surface area contributed by atoms with E-state index in [-0.39, 0.29) is 17.3 Å². The molecule has 0 radical (unpaired) electrons. The summed E-state index contributed by atoms with van der Waals surface area (Å²) in [6.45, 7) is 0.286. The summed E-state index contributed by atoms with van der Waals surface area (Å²) in [6, 6.07) is 9.56. The molecule has 0 fully saturated rings. The summed E-state index contributed by atoms with van der Waals surface area (Å²) >= 11 is 0. The van der Waals surface area contributed by atoms with Crippen molar-refractivity contribution in [1.29, 1.82) is 0 Å². The van der Waals surface area contributed by atoms with E-state index in [0.717, 1.165) is 5.56 Å². The average Bonchev–Trinajstić information content (AvgIpc) is 2.39. The Morgan fingerprint density at radius 1 is 1.22 bits per heavy atom. The molecule has 0 saturated carbocycles. The maximum atomic E-state index is 12.1. The molecular weight excluding hydrogens is 252 g/mol. The second-order valence-corrected chi connectivity index (χ2v) is 5.25. The van der Waals surface area contributed by atoms with Gasteiger partial charge < -0.3 is 5.73 Å². The predicted octanol–water partition coefficient (Wildman–Crippen LogP) is 0.736. The Morgan fingerprint density at radius 2 is 2.06 bits per heavy atom. The summed E-state index contributed by atoms with van der Waals surface area (Å²) in [4.78, 5) is 0.149. The van der Waals surface area contributed by atoms with Gasteiger partial charge in [0.2, 0.25) is 0 Å². The third-order valence-electron chi connectivity index (χ3n) is 2.26. The molecule has 2 aromatic rings. The maximum Gasteiger partial charge on any atom is 0.263 e. The zero-order valence-corrected chi connectivity index (χ0v) is 10.3. The molecule has 0 aliphatic carbocycles. The van der Waals surface area contributed by atoms with Crippen molar-refractivity contribution in [2.45, 2.75) is 11.4 Å². The van der Waals surface area contributed by atoms with Crippen molar-refractivity contribution in [2.24, 2.45) is 5.73 Å². The molecule has 7 heteroatoms. The van der Waals surface area contributed by atoms with Gasteiger partial charge in [-0.2, -0.15) is 5.10 Å². The normalized spacial score (nSPS) is 11.2. The van der Waals surface area contributed by atoms with E-state index in [1.54, 1.807) is 18.2 Å². The molecule has 6 nitrogen and oxygen atoms in total.